The first-order valence-electron chi connectivity index (χ1n) is 7.41. The molecule has 0 aliphatic carbocycles. The molecule has 2 aromatic carbocycles. The summed E-state index contributed by atoms with van der Waals surface area (Å²) in [5.41, 5.74) is 3.62. The van der Waals surface area contributed by atoms with Gasteiger partial charge in [-0.05, 0) is 42.3 Å². The molecule has 0 fully saturated rings. The Balaban J connectivity index is 1.95. The summed E-state index contributed by atoms with van der Waals surface area (Å²) < 4.78 is 33.5. The molecular formula is C18H17NO4S. The van der Waals surface area contributed by atoms with Gasteiger partial charge in [0.2, 0.25) is 10.0 Å². The van der Waals surface area contributed by atoms with Gasteiger partial charge in [-0.15, -0.1) is 0 Å². The van der Waals surface area contributed by atoms with E-state index in [9.17, 15) is 8.42 Å². The quantitative estimate of drug-likeness (QED) is 0.766. The number of rotatable bonds is 5. The number of hydrogen-bond donors (Lipinski definition) is 1. The van der Waals surface area contributed by atoms with Crippen molar-refractivity contribution < 1.29 is 17.6 Å². The summed E-state index contributed by atoms with van der Waals surface area (Å²) in [6, 6.07) is 14.1. The van der Waals surface area contributed by atoms with Crippen LogP contribution in [0.25, 0.3) is 22.3 Å². The number of sulfonamides is 1. The Bertz CT molecular complexity index is 926. The number of benzene rings is 2. The molecule has 2 N–H and O–H groups in total. The number of furan rings is 1. The molecule has 3 aromatic rings. The maximum atomic E-state index is 11.4. The Morgan fingerprint density at radius 2 is 1.42 bits per heavy atom. The van der Waals surface area contributed by atoms with Crippen molar-refractivity contribution in [1.82, 2.24) is 0 Å². The molecule has 0 spiro atoms. The topological polar surface area (TPSA) is 82.5 Å². The first kappa shape index (κ1) is 16.3. The molecule has 0 unspecified atom stereocenters. The van der Waals surface area contributed by atoms with Crippen LogP contribution in [-0.2, 0) is 10.0 Å². The smallest absolute Gasteiger partial charge is 0.238 e. The molecule has 1 heterocycles. The van der Waals surface area contributed by atoms with Gasteiger partial charge in [0.05, 0.1) is 24.0 Å². The molecule has 0 saturated carbocycles. The SMILES string of the molecule is CCOc1ccc(-c2cocc2-c2ccc(S(N)(=O)=O)cc2)cc1. The predicted octanol–water partition coefficient (Wildman–Crippen LogP) is 3.66. The number of ether oxygens (including phenoxy) is 1. The van der Waals surface area contributed by atoms with E-state index in [0.717, 1.165) is 28.0 Å². The van der Waals surface area contributed by atoms with Crippen molar-refractivity contribution in [2.24, 2.45) is 5.14 Å². The lowest BCUT2D eigenvalue weighted by atomic mass is 9.99. The Kier molecular flexibility index (Phi) is 4.42. The van der Waals surface area contributed by atoms with Gasteiger partial charge in [0, 0.05) is 11.1 Å². The largest absolute Gasteiger partial charge is 0.494 e. The van der Waals surface area contributed by atoms with Crippen molar-refractivity contribution in [2.45, 2.75) is 11.8 Å². The first-order valence-corrected chi connectivity index (χ1v) is 8.96. The van der Waals surface area contributed by atoms with E-state index in [1.807, 2.05) is 31.2 Å². The van der Waals surface area contributed by atoms with E-state index in [4.69, 9.17) is 14.3 Å². The van der Waals surface area contributed by atoms with Crippen LogP contribution in [0.5, 0.6) is 5.75 Å². The highest BCUT2D eigenvalue weighted by Gasteiger charge is 2.12. The summed E-state index contributed by atoms with van der Waals surface area (Å²) in [5, 5.41) is 5.13. The standard InChI is InChI=1S/C18H17NO4S/c1-2-23-15-7-3-13(4-8-15)17-11-22-12-18(17)14-5-9-16(10-6-14)24(19,20)21/h3-12H,2H2,1H3,(H2,19,20,21). The Hall–Kier alpha value is -2.57. The van der Waals surface area contributed by atoms with Crippen molar-refractivity contribution in [3.63, 3.8) is 0 Å². The molecule has 1 aromatic heterocycles. The summed E-state index contributed by atoms with van der Waals surface area (Å²) in [6.07, 6.45) is 3.30. The molecule has 0 radical (unpaired) electrons. The lowest BCUT2D eigenvalue weighted by Crippen LogP contribution is -2.11. The zero-order valence-electron chi connectivity index (χ0n) is 13.1. The summed E-state index contributed by atoms with van der Waals surface area (Å²) in [5.74, 6) is 0.809. The van der Waals surface area contributed by atoms with Crippen LogP contribution in [0.15, 0.2) is 70.4 Å². The van der Waals surface area contributed by atoms with Crippen LogP contribution < -0.4 is 9.88 Å². The third-order valence-electron chi connectivity index (χ3n) is 3.63. The lowest BCUT2D eigenvalue weighted by molar-refractivity contribution is 0.340. The van der Waals surface area contributed by atoms with E-state index >= 15 is 0 Å². The zero-order chi connectivity index (χ0) is 17.2. The normalized spacial score (nSPS) is 11.4. The van der Waals surface area contributed by atoms with Crippen molar-refractivity contribution >= 4 is 10.0 Å². The van der Waals surface area contributed by atoms with E-state index in [-0.39, 0.29) is 4.90 Å². The highest BCUT2D eigenvalue weighted by molar-refractivity contribution is 7.89. The van der Waals surface area contributed by atoms with E-state index in [1.54, 1.807) is 24.7 Å². The number of nitrogens with two attached hydrogens (primary N) is 1. The fourth-order valence-corrected chi connectivity index (χ4v) is 2.98. The van der Waals surface area contributed by atoms with Crippen LogP contribution in [0.4, 0.5) is 0 Å². The van der Waals surface area contributed by atoms with Gasteiger partial charge in [0.1, 0.15) is 5.75 Å². The van der Waals surface area contributed by atoms with Gasteiger partial charge >= 0.3 is 0 Å². The van der Waals surface area contributed by atoms with Gasteiger partial charge in [0.15, 0.2) is 0 Å². The molecular weight excluding hydrogens is 326 g/mol. The minimum atomic E-state index is -3.70. The molecule has 124 valence electrons. The minimum Gasteiger partial charge on any atom is -0.494 e. The molecule has 6 heteroatoms. The second-order valence-corrected chi connectivity index (χ2v) is 6.79. The van der Waals surface area contributed by atoms with Crippen molar-refractivity contribution in [2.75, 3.05) is 6.61 Å². The second kappa shape index (κ2) is 6.51. The fraction of sp³-hybridized carbons (Fsp3) is 0.111. The van der Waals surface area contributed by atoms with E-state index in [1.165, 1.54) is 12.1 Å². The van der Waals surface area contributed by atoms with Crippen LogP contribution >= 0.6 is 0 Å². The van der Waals surface area contributed by atoms with Crippen LogP contribution in [0.2, 0.25) is 0 Å². The Morgan fingerprint density at radius 3 is 1.88 bits per heavy atom. The van der Waals surface area contributed by atoms with Gasteiger partial charge in [-0.1, -0.05) is 24.3 Å². The maximum Gasteiger partial charge on any atom is 0.238 e. The molecule has 24 heavy (non-hydrogen) atoms. The third kappa shape index (κ3) is 3.34. The van der Waals surface area contributed by atoms with Gasteiger partial charge in [0.25, 0.3) is 0 Å². The van der Waals surface area contributed by atoms with Crippen LogP contribution in [-0.4, -0.2) is 15.0 Å². The average molecular weight is 343 g/mol. The van der Waals surface area contributed by atoms with Crippen LogP contribution in [0, 0.1) is 0 Å². The van der Waals surface area contributed by atoms with E-state index in [2.05, 4.69) is 0 Å². The molecule has 0 saturated heterocycles. The minimum absolute atomic E-state index is 0.0809. The number of primary sulfonamides is 1. The molecule has 0 bridgehead atoms. The van der Waals surface area contributed by atoms with Crippen molar-refractivity contribution in [3.8, 4) is 28.0 Å². The average Bonchev–Trinajstić information content (AvgIpc) is 3.05. The second-order valence-electron chi connectivity index (χ2n) is 5.23. The van der Waals surface area contributed by atoms with E-state index in [0.29, 0.717) is 6.61 Å². The van der Waals surface area contributed by atoms with Gasteiger partial charge in [-0.25, -0.2) is 13.6 Å². The Labute approximate surface area is 140 Å². The van der Waals surface area contributed by atoms with Crippen LogP contribution in [0.3, 0.4) is 0 Å². The summed E-state index contributed by atoms with van der Waals surface area (Å²) in [7, 11) is -3.70. The van der Waals surface area contributed by atoms with Gasteiger partial charge in [-0.2, -0.15) is 0 Å². The predicted molar refractivity (Wildman–Crippen MR) is 92.1 cm³/mol. The maximum absolute atomic E-state index is 11.4. The summed E-state index contributed by atoms with van der Waals surface area (Å²) in [4.78, 5) is 0.0809. The monoisotopic (exact) mass is 343 g/mol. The highest BCUT2D eigenvalue weighted by Crippen LogP contribution is 2.34. The molecule has 0 amide bonds. The van der Waals surface area contributed by atoms with E-state index < -0.39 is 10.0 Å². The lowest BCUT2D eigenvalue weighted by Gasteiger charge is -2.06. The molecule has 5 nitrogen and oxygen atoms in total. The van der Waals surface area contributed by atoms with Crippen LogP contribution in [0.1, 0.15) is 6.92 Å². The molecule has 3 rings (SSSR count). The first-order chi connectivity index (χ1) is 11.5. The fourth-order valence-electron chi connectivity index (χ4n) is 2.47. The van der Waals surface area contributed by atoms with Crippen molar-refractivity contribution in [3.05, 3.63) is 61.1 Å². The Morgan fingerprint density at radius 1 is 0.917 bits per heavy atom. The zero-order valence-corrected chi connectivity index (χ0v) is 13.9. The summed E-state index contributed by atoms with van der Waals surface area (Å²) >= 11 is 0. The molecule has 0 aliphatic heterocycles. The van der Waals surface area contributed by atoms with Crippen molar-refractivity contribution in [1.29, 1.82) is 0 Å². The molecule has 0 aliphatic rings. The number of hydrogen-bond acceptors (Lipinski definition) is 4. The van der Waals surface area contributed by atoms with Gasteiger partial charge in [-0.3, -0.25) is 0 Å². The highest BCUT2D eigenvalue weighted by atomic mass is 32.2. The molecule has 0 atom stereocenters. The third-order valence-corrected chi connectivity index (χ3v) is 4.56. The van der Waals surface area contributed by atoms with Gasteiger partial charge < -0.3 is 9.15 Å². The summed E-state index contributed by atoms with van der Waals surface area (Å²) in [6.45, 7) is 2.56.